The number of Topliss-reactive ketones (excluding diaryl/α,β-unsaturated/α-hetero) is 1. The lowest BCUT2D eigenvalue weighted by atomic mass is 9.78. The number of amides is 1. The minimum atomic E-state index is -2.08. The van der Waals surface area contributed by atoms with Crippen LogP contribution in [-0.4, -0.2) is 86.7 Å². The van der Waals surface area contributed by atoms with Gasteiger partial charge in [-0.25, -0.2) is 0 Å². The molecule has 0 fully saturated rings. The average molecular weight is 906 g/mol. The first-order chi connectivity index (χ1) is 31.3. The molecule has 1 amide bonds. The number of methoxy groups -OCH3 is 1. The van der Waals surface area contributed by atoms with Gasteiger partial charge in [0.15, 0.2) is 5.75 Å². The molecular weight excluding hydrogens is 847 g/mol. The van der Waals surface area contributed by atoms with E-state index in [1.165, 1.54) is 59.4 Å². The standard InChI is InChI=1S/C51H59N3O12/c1-27-17-16-18-28(2)50(62)53-41-36(25-52-54(35-21-14-11-15-22-35)26-34-19-12-10-13-20-34)45(59)38-39(46(41)60)44(58)32(6)48-40(38)49(61)51(8,66-48)64-24-23-37(63-9)29(3)47(65-33(7)55)31(5)43(57)30(4)42(27)56/h10-25,27,29-31,37,42-43,47,56-60H,26H2,1-9H3,(H,53,62). The number of hydrogen-bond donors (Lipinski definition) is 6. The number of ketones is 1. The van der Waals surface area contributed by atoms with E-state index < -0.39 is 88.8 Å². The fourth-order valence-corrected chi connectivity index (χ4v) is 8.56. The number of anilines is 2. The number of allylic oxidation sites excluding steroid dienone is 2. The highest BCUT2D eigenvalue weighted by Gasteiger charge is 2.50. The molecule has 6 N–H and O–H groups in total. The van der Waals surface area contributed by atoms with Gasteiger partial charge < -0.3 is 49.8 Å². The van der Waals surface area contributed by atoms with E-state index in [4.69, 9.17) is 24.0 Å². The molecule has 9 unspecified atom stereocenters. The number of benzene rings is 4. The number of aliphatic hydroxyl groups is 2. The molecule has 350 valence electrons. The molecule has 4 aromatic carbocycles. The van der Waals surface area contributed by atoms with Crippen LogP contribution in [-0.2, 0) is 30.3 Å². The lowest BCUT2D eigenvalue weighted by Gasteiger charge is -2.38. The SMILES string of the molecule is COC1C=COC2(C)Oc3c(C)c(O)c4c(O)c(c(C=NN(Cc5ccccc5)c5ccccc5)c(O)c4c3C2=O)NC(=O)C(C)=CC=CC(C)C(O)C(C)C(O)C(C)C(OC(C)=O)C1C. The molecule has 3 aliphatic rings. The van der Waals surface area contributed by atoms with Gasteiger partial charge in [0.05, 0.1) is 65.2 Å². The lowest BCUT2D eigenvalue weighted by Crippen LogP contribution is -2.46. The zero-order chi connectivity index (χ0) is 48.2. The van der Waals surface area contributed by atoms with Crippen LogP contribution in [0.25, 0.3) is 10.8 Å². The summed E-state index contributed by atoms with van der Waals surface area (Å²) in [4.78, 5) is 41.1. The number of hydrazone groups is 1. The second-order valence-electron chi connectivity index (χ2n) is 17.2. The Morgan fingerprint density at radius 3 is 2.17 bits per heavy atom. The number of ether oxygens (including phenoxy) is 4. The number of nitrogens with zero attached hydrogens (tertiary/aromatic N) is 2. The van der Waals surface area contributed by atoms with E-state index in [-0.39, 0.29) is 51.0 Å². The first-order valence-electron chi connectivity index (χ1n) is 21.8. The Hall–Kier alpha value is -6.68. The number of fused-ring (bicyclic) bond motifs is 14. The van der Waals surface area contributed by atoms with Crippen molar-refractivity contribution >= 4 is 46.0 Å². The number of phenolic OH excluding ortho intramolecular Hbond substituents is 3. The van der Waals surface area contributed by atoms with Crippen molar-refractivity contribution in [2.24, 2.45) is 28.8 Å². The normalized spacial score (nSPS) is 26.3. The molecule has 15 nitrogen and oxygen atoms in total. The Morgan fingerprint density at radius 2 is 1.53 bits per heavy atom. The Bertz CT molecular complexity index is 2580. The van der Waals surface area contributed by atoms with Crippen molar-refractivity contribution in [2.45, 2.75) is 92.1 Å². The zero-order valence-electron chi connectivity index (χ0n) is 38.6. The highest BCUT2D eigenvalue weighted by molar-refractivity contribution is 6.24. The quantitative estimate of drug-likeness (QED) is 0.0344. The Kier molecular flexibility index (Phi) is 14.9. The number of aromatic hydroxyl groups is 3. The number of carbonyl (C=O) groups is 3. The molecule has 4 aromatic rings. The van der Waals surface area contributed by atoms with Gasteiger partial charge in [-0.05, 0) is 37.6 Å². The van der Waals surface area contributed by atoms with Crippen molar-refractivity contribution < 1.29 is 58.9 Å². The van der Waals surface area contributed by atoms with E-state index in [0.717, 1.165) is 5.56 Å². The maximum Gasteiger partial charge on any atom is 0.312 e. The summed E-state index contributed by atoms with van der Waals surface area (Å²) in [6, 6.07) is 18.7. The summed E-state index contributed by atoms with van der Waals surface area (Å²) in [7, 11) is 1.43. The van der Waals surface area contributed by atoms with Crippen molar-refractivity contribution in [3.63, 3.8) is 0 Å². The van der Waals surface area contributed by atoms with Gasteiger partial charge in [-0.3, -0.25) is 19.4 Å². The fraction of sp³-hybridized carbons (Fsp3) is 0.373. The molecule has 3 heterocycles. The number of phenols is 3. The first kappa shape index (κ1) is 48.8. The molecule has 3 aliphatic heterocycles. The maximum absolute atomic E-state index is 14.6. The number of carbonyl (C=O) groups excluding carboxylic acids is 3. The van der Waals surface area contributed by atoms with Gasteiger partial charge in [0.25, 0.3) is 11.7 Å². The highest BCUT2D eigenvalue weighted by atomic mass is 16.7. The summed E-state index contributed by atoms with van der Waals surface area (Å²) in [5.74, 6) is -8.68. The van der Waals surface area contributed by atoms with Crippen LogP contribution in [0.3, 0.4) is 0 Å². The molecule has 0 spiro atoms. The molecule has 0 saturated carbocycles. The largest absolute Gasteiger partial charge is 0.507 e. The summed E-state index contributed by atoms with van der Waals surface area (Å²) < 4.78 is 23.8. The second kappa shape index (κ2) is 20.2. The number of rotatable bonds is 7. The van der Waals surface area contributed by atoms with Crippen LogP contribution in [0.5, 0.6) is 23.0 Å². The summed E-state index contributed by atoms with van der Waals surface area (Å²) in [6.45, 7) is 12.8. The average Bonchev–Trinajstić information content (AvgIpc) is 3.57. The smallest absolute Gasteiger partial charge is 0.312 e. The molecule has 0 aliphatic carbocycles. The van der Waals surface area contributed by atoms with Crippen molar-refractivity contribution in [1.29, 1.82) is 0 Å². The van der Waals surface area contributed by atoms with Crippen molar-refractivity contribution in [2.75, 3.05) is 17.4 Å². The third-order valence-corrected chi connectivity index (χ3v) is 12.6. The first-order valence-corrected chi connectivity index (χ1v) is 21.8. The van der Waals surface area contributed by atoms with Crippen LogP contribution >= 0.6 is 0 Å². The van der Waals surface area contributed by atoms with Gasteiger partial charge in [0.1, 0.15) is 23.4 Å². The van der Waals surface area contributed by atoms with E-state index >= 15 is 0 Å². The topological polar surface area (TPSA) is 217 Å². The third kappa shape index (κ3) is 9.78. The number of hydrogen-bond acceptors (Lipinski definition) is 14. The van der Waals surface area contributed by atoms with Gasteiger partial charge in [-0.15, -0.1) is 0 Å². The van der Waals surface area contributed by atoms with E-state index in [0.29, 0.717) is 5.69 Å². The van der Waals surface area contributed by atoms with Crippen molar-refractivity contribution in [3.8, 4) is 23.0 Å². The lowest BCUT2D eigenvalue weighted by molar-refractivity contribution is -0.160. The Morgan fingerprint density at radius 1 is 0.879 bits per heavy atom. The van der Waals surface area contributed by atoms with Crippen LogP contribution in [0.4, 0.5) is 11.4 Å². The third-order valence-electron chi connectivity index (χ3n) is 12.6. The Labute approximate surface area is 384 Å². The van der Waals surface area contributed by atoms with E-state index in [2.05, 4.69) is 5.32 Å². The molecule has 66 heavy (non-hydrogen) atoms. The number of esters is 1. The zero-order valence-corrected chi connectivity index (χ0v) is 38.6. The Balaban J connectivity index is 1.56. The predicted octanol–water partition coefficient (Wildman–Crippen LogP) is 7.79. The van der Waals surface area contributed by atoms with Gasteiger partial charge >= 0.3 is 11.8 Å². The predicted molar refractivity (Wildman–Crippen MR) is 250 cm³/mol. The van der Waals surface area contributed by atoms with Gasteiger partial charge in [0, 0.05) is 61.2 Å². The molecular formula is C51H59N3O12. The maximum atomic E-state index is 14.6. The molecule has 15 heteroatoms. The van der Waals surface area contributed by atoms with Crippen molar-refractivity contribution in [1.82, 2.24) is 0 Å². The summed E-state index contributed by atoms with van der Waals surface area (Å²) in [6.07, 6.45) is 4.72. The monoisotopic (exact) mass is 905 g/mol. The van der Waals surface area contributed by atoms with E-state index in [1.54, 1.807) is 44.9 Å². The molecule has 0 saturated heterocycles. The molecule has 0 aromatic heterocycles. The van der Waals surface area contributed by atoms with Gasteiger partial charge in [0.2, 0.25) is 0 Å². The van der Waals surface area contributed by atoms with Gasteiger partial charge in [-0.2, -0.15) is 5.10 Å². The van der Waals surface area contributed by atoms with Crippen LogP contribution in [0.15, 0.2) is 102 Å². The minimum Gasteiger partial charge on any atom is -0.507 e. The van der Waals surface area contributed by atoms with E-state index in [9.17, 15) is 39.9 Å². The van der Waals surface area contributed by atoms with E-state index in [1.807, 2.05) is 60.7 Å². The highest BCUT2D eigenvalue weighted by Crippen LogP contribution is 2.55. The number of para-hydroxylation sites is 1. The second-order valence-corrected chi connectivity index (χ2v) is 17.2. The molecule has 5 bridgehead atoms. The van der Waals surface area contributed by atoms with Crippen LogP contribution in [0.1, 0.15) is 75.5 Å². The van der Waals surface area contributed by atoms with Gasteiger partial charge in [-0.1, -0.05) is 94.5 Å². The minimum absolute atomic E-state index is 0.0334. The number of aliphatic hydroxyl groups excluding tert-OH is 2. The summed E-state index contributed by atoms with van der Waals surface area (Å²) >= 11 is 0. The van der Waals surface area contributed by atoms with Crippen LogP contribution in [0, 0.1) is 30.6 Å². The summed E-state index contributed by atoms with van der Waals surface area (Å²) in [5.41, 5.74) is 1.02. The molecule has 9 atom stereocenters. The summed E-state index contributed by atoms with van der Waals surface area (Å²) in [5, 5.41) is 67.8. The van der Waals surface area contributed by atoms with Crippen LogP contribution in [0.2, 0.25) is 0 Å². The molecule has 0 radical (unpaired) electrons. The fourth-order valence-electron chi connectivity index (χ4n) is 8.56. The van der Waals surface area contributed by atoms with Crippen LogP contribution < -0.4 is 15.1 Å². The molecule has 7 rings (SSSR count). The van der Waals surface area contributed by atoms with Crippen molar-refractivity contribution in [3.05, 3.63) is 119 Å². The number of nitrogens with one attached hydrogen (secondary N) is 1.